The van der Waals surface area contributed by atoms with Gasteiger partial charge >= 0.3 is 0 Å². The molecule has 0 amide bonds. The van der Waals surface area contributed by atoms with E-state index in [-0.39, 0.29) is 6.79 Å². The Morgan fingerprint density at radius 3 is 0.203 bits per heavy atom. The third kappa shape index (κ3) is 121. The first-order chi connectivity index (χ1) is 61.4. The van der Waals surface area contributed by atoms with Crippen molar-refractivity contribution in [1.82, 2.24) is 0 Å². The maximum absolute atomic E-state index is 5.55. The lowest BCUT2D eigenvalue weighted by atomic mass is 10.6. The van der Waals surface area contributed by atoms with Crippen molar-refractivity contribution in [1.29, 1.82) is 0 Å². The molecule has 0 aromatic rings. The average molecular weight is 1920 g/mol. The molecule has 0 heterocycles. The van der Waals surface area contributed by atoms with E-state index in [0.717, 1.165) is 0 Å². The van der Waals surface area contributed by atoms with Crippen LogP contribution in [0.15, 0.2) is 0 Å². The molecule has 0 aliphatic rings. The molecule has 0 N–H and O–H groups in total. The molecular formula is C81H163IO41. The Labute approximate surface area is 747 Å². The van der Waals surface area contributed by atoms with Crippen LogP contribution in [0.5, 0.6) is 0 Å². The quantitative estimate of drug-likeness (QED) is 0.0477. The van der Waals surface area contributed by atoms with E-state index in [1.165, 1.54) is 0 Å². The summed E-state index contributed by atoms with van der Waals surface area (Å²) in [7, 11) is 0. The van der Waals surface area contributed by atoms with Gasteiger partial charge in [0.1, 0.15) is 23.0 Å². The summed E-state index contributed by atoms with van der Waals surface area (Å²) in [4.78, 5) is 0. The van der Waals surface area contributed by atoms with Crippen molar-refractivity contribution in [2.45, 2.75) is 6.92 Å². The summed E-state index contributed by atoms with van der Waals surface area (Å²) in [6.07, 6.45) is 0. The van der Waals surface area contributed by atoms with Crippen LogP contribution in [0.4, 0.5) is 0 Å². The third-order valence-electron chi connectivity index (χ3n) is 14.8. The lowest BCUT2D eigenvalue weighted by Gasteiger charge is -2.09. The summed E-state index contributed by atoms with van der Waals surface area (Å²) in [5.41, 5.74) is 0. The highest BCUT2D eigenvalue weighted by atomic mass is 127. The van der Waals surface area contributed by atoms with Gasteiger partial charge in [0.15, 0.2) is 6.79 Å². The van der Waals surface area contributed by atoms with Crippen molar-refractivity contribution < 1.29 is 193 Å². The molecule has 41 nitrogen and oxygen atoms in total. The molecule has 0 rings (SSSR count). The first-order valence-electron chi connectivity index (χ1n) is 43.7. The second-order valence-electron chi connectivity index (χ2n) is 24.6. The fraction of sp³-hybridized carbons (Fsp3) is 1.00. The first kappa shape index (κ1) is 122. The predicted molar refractivity (Wildman–Crippen MR) is 454 cm³/mol. The predicted octanol–water partition coefficient (Wildman–Crippen LogP) is 1.99. The zero-order chi connectivity index (χ0) is 87.6. The van der Waals surface area contributed by atoms with Gasteiger partial charge in [-0.15, -0.1) is 0 Å². The summed E-state index contributed by atoms with van der Waals surface area (Å²) in [5.74, 6) is 0. The van der Waals surface area contributed by atoms with Gasteiger partial charge in [-0.05, 0) is 6.92 Å². The molecule has 0 saturated carbocycles. The SMILES string of the molecule is CCOCCOCCOCCOCCOCCOCCOCCOCCOCCOCCOCCOCCOCCOCCOCCOCCOCCOCCOCCOCCOCCOCCOCCOCCOCCOCCOCCOCCOCCOCCOCCOCCOCCOCCOCCOCCOCCOCCOCCOCOI. The fourth-order valence-electron chi connectivity index (χ4n) is 8.71. The number of hydrogen-bond donors (Lipinski definition) is 0. The molecular weight excluding hydrogens is 1760 g/mol. The number of ether oxygens (including phenoxy) is 40. The summed E-state index contributed by atoms with van der Waals surface area (Å²) in [6.45, 7) is 41.0. The van der Waals surface area contributed by atoms with Gasteiger partial charge in [0, 0.05) is 6.61 Å². The van der Waals surface area contributed by atoms with Gasteiger partial charge in [-0.2, -0.15) is 0 Å². The minimum Gasteiger partial charge on any atom is -0.379 e. The molecule has 0 aliphatic carbocycles. The van der Waals surface area contributed by atoms with Crippen LogP contribution in [-0.2, 0) is 193 Å². The Morgan fingerprint density at radius 1 is 0.0894 bits per heavy atom. The fourth-order valence-corrected chi connectivity index (χ4v) is 8.89. The van der Waals surface area contributed by atoms with E-state index in [1.807, 2.05) is 6.92 Å². The summed E-state index contributed by atoms with van der Waals surface area (Å²) >= 11 is 1.78. The molecule has 0 unspecified atom stereocenters. The minimum absolute atomic E-state index is 0.256. The Balaban J connectivity index is 3.10. The highest BCUT2D eigenvalue weighted by Crippen LogP contribution is 1.96. The zero-order valence-electron chi connectivity index (χ0n) is 74.7. The van der Waals surface area contributed by atoms with Crippen LogP contribution in [0, 0.1) is 0 Å². The number of rotatable bonds is 120. The molecule has 740 valence electrons. The maximum Gasteiger partial charge on any atom is 0.158 e. The zero-order valence-corrected chi connectivity index (χ0v) is 76.8. The molecule has 0 atom stereocenters. The molecule has 0 radical (unpaired) electrons. The van der Waals surface area contributed by atoms with Gasteiger partial charge < -0.3 is 189 Å². The normalized spacial score (nSPS) is 11.9. The van der Waals surface area contributed by atoms with Gasteiger partial charge in [-0.25, -0.2) is 0 Å². The number of hydrogen-bond acceptors (Lipinski definition) is 41. The van der Waals surface area contributed by atoms with Crippen LogP contribution >= 0.6 is 23.0 Å². The van der Waals surface area contributed by atoms with Crippen molar-refractivity contribution in [2.24, 2.45) is 0 Å². The molecule has 0 spiro atoms. The Kier molecular flexibility index (Phi) is 120. The Hall–Kier alpha value is -0.910. The lowest BCUT2D eigenvalue weighted by molar-refractivity contribution is -0.0330. The molecule has 0 aromatic heterocycles. The summed E-state index contributed by atoms with van der Waals surface area (Å²) < 4.78 is 225. The van der Waals surface area contributed by atoms with Crippen molar-refractivity contribution in [3.05, 3.63) is 0 Å². The van der Waals surface area contributed by atoms with E-state index in [2.05, 4.69) is 0 Å². The summed E-state index contributed by atoms with van der Waals surface area (Å²) in [6, 6.07) is 0. The minimum atomic E-state index is 0.256. The van der Waals surface area contributed by atoms with Crippen LogP contribution in [-0.4, -0.2) is 529 Å². The number of halogens is 1. The Morgan fingerprint density at radius 2 is 0.146 bits per heavy atom. The van der Waals surface area contributed by atoms with Crippen molar-refractivity contribution in [3.63, 3.8) is 0 Å². The monoisotopic (exact) mass is 1920 g/mol. The highest BCUT2D eigenvalue weighted by molar-refractivity contribution is 14.1. The van der Waals surface area contributed by atoms with Gasteiger partial charge in [-0.3, -0.25) is 3.07 Å². The molecule has 123 heavy (non-hydrogen) atoms. The van der Waals surface area contributed by atoms with E-state index >= 15 is 0 Å². The first-order valence-corrected chi connectivity index (χ1v) is 44.6. The smallest absolute Gasteiger partial charge is 0.158 e. The van der Waals surface area contributed by atoms with Crippen LogP contribution in [0.3, 0.4) is 0 Å². The second-order valence-corrected chi connectivity index (χ2v) is 25.2. The largest absolute Gasteiger partial charge is 0.379 e. The lowest BCUT2D eigenvalue weighted by Crippen LogP contribution is -2.16. The van der Waals surface area contributed by atoms with E-state index in [1.54, 1.807) is 23.0 Å². The molecule has 42 heteroatoms. The summed E-state index contributed by atoms with van der Waals surface area (Å²) in [5, 5.41) is 0. The van der Waals surface area contributed by atoms with Crippen LogP contribution in [0.25, 0.3) is 0 Å². The molecule has 0 bridgehead atoms. The van der Waals surface area contributed by atoms with E-state index in [4.69, 9.17) is 193 Å². The van der Waals surface area contributed by atoms with Gasteiger partial charge in [0.25, 0.3) is 0 Å². The van der Waals surface area contributed by atoms with Crippen LogP contribution < -0.4 is 0 Å². The van der Waals surface area contributed by atoms with E-state index in [9.17, 15) is 0 Å². The third-order valence-corrected chi connectivity index (χ3v) is 15.1. The van der Waals surface area contributed by atoms with Crippen LogP contribution in [0.1, 0.15) is 6.92 Å². The highest BCUT2D eigenvalue weighted by Gasteiger charge is 2.05. The topological polar surface area (TPSA) is 378 Å². The molecule has 0 fully saturated rings. The average Bonchev–Trinajstić information content (AvgIpc) is 1.42. The molecule has 0 aromatic carbocycles. The van der Waals surface area contributed by atoms with Crippen LogP contribution in [0.2, 0.25) is 0 Å². The standard InChI is InChI=1S/C81H163IO41/c1-2-83-3-4-84-5-6-85-7-8-86-9-10-87-11-12-88-13-14-89-15-16-90-17-18-91-19-20-92-21-22-93-23-24-94-25-26-95-27-28-96-29-30-97-31-32-98-33-34-99-35-36-100-37-38-101-39-40-102-41-42-103-43-44-104-45-46-105-47-48-106-49-50-107-51-52-108-53-54-109-55-56-110-57-58-111-59-60-112-61-62-113-63-64-114-65-66-115-67-68-116-69-70-117-71-72-118-73-74-119-75-76-120-77-78-121-79-80-122-81-123-82/h2-81H2,1H3. The van der Waals surface area contributed by atoms with Crippen molar-refractivity contribution in [2.75, 3.05) is 529 Å². The molecule has 0 aliphatic heterocycles. The second kappa shape index (κ2) is 121. The van der Waals surface area contributed by atoms with E-state index < -0.39 is 0 Å². The van der Waals surface area contributed by atoms with Gasteiger partial charge in [-0.1, -0.05) is 0 Å². The van der Waals surface area contributed by atoms with Crippen molar-refractivity contribution >= 4 is 23.0 Å². The Bertz CT molecular complexity index is 1590. The van der Waals surface area contributed by atoms with Gasteiger partial charge in [0.2, 0.25) is 0 Å². The maximum atomic E-state index is 5.55. The van der Waals surface area contributed by atoms with E-state index in [0.29, 0.717) is 522 Å². The molecule has 0 saturated heterocycles. The van der Waals surface area contributed by atoms with Crippen molar-refractivity contribution in [3.8, 4) is 0 Å². The van der Waals surface area contributed by atoms with Gasteiger partial charge in [0.05, 0.1) is 515 Å².